The summed E-state index contributed by atoms with van der Waals surface area (Å²) >= 11 is 5.82. The summed E-state index contributed by atoms with van der Waals surface area (Å²) in [5.74, 6) is -0.391. The van der Waals surface area contributed by atoms with Crippen LogP contribution in [0.2, 0.25) is 5.02 Å². The maximum absolute atomic E-state index is 13.3. The Labute approximate surface area is 107 Å². The summed E-state index contributed by atoms with van der Waals surface area (Å²) < 4.78 is 24.5. The Hall–Kier alpha value is -0.575. The molecular weight excluding hydrogens is 241 g/mol. The Morgan fingerprint density at radius 1 is 1.06 bits per heavy atom. The summed E-state index contributed by atoms with van der Waals surface area (Å²) in [6.07, 6.45) is -0.0263. The van der Waals surface area contributed by atoms with Crippen LogP contribution in [0.4, 0.5) is 4.39 Å². The van der Waals surface area contributed by atoms with E-state index in [4.69, 9.17) is 20.9 Å². The fraction of sp³-hybridized carbons (Fsp3) is 0.500. The second-order valence-corrected chi connectivity index (χ2v) is 4.84. The van der Waals surface area contributed by atoms with Crippen molar-refractivity contribution in [2.45, 2.75) is 39.9 Å². The molecule has 5 heteroatoms. The fourth-order valence-corrected chi connectivity index (χ4v) is 1.63. The first-order valence-electron chi connectivity index (χ1n) is 5.65. The minimum atomic E-state index is -0.594. The van der Waals surface area contributed by atoms with E-state index in [9.17, 15) is 4.39 Å². The lowest BCUT2D eigenvalue weighted by molar-refractivity contribution is 0.139. The summed E-state index contributed by atoms with van der Waals surface area (Å²) in [5, 5.41) is 0.338. The van der Waals surface area contributed by atoms with Crippen LogP contribution in [0.1, 0.15) is 27.7 Å². The van der Waals surface area contributed by atoms with Crippen molar-refractivity contribution in [2.75, 3.05) is 0 Å². The van der Waals surface area contributed by atoms with Crippen LogP contribution in [0, 0.1) is 5.82 Å². The van der Waals surface area contributed by atoms with Crippen molar-refractivity contribution in [3.63, 3.8) is 0 Å². The molecule has 0 atom stereocenters. The van der Waals surface area contributed by atoms with Gasteiger partial charge in [0, 0.05) is 17.2 Å². The maximum atomic E-state index is 13.3. The van der Waals surface area contributed by atoms with Crippen LogP contribution >= 0.6 is 11.6 Å². The van der Waals surface area contributed by atoms with Crippen molar-refractivity contribution in [3.05, 3.63) is 29.0 Å². The first kappa shape index (κ1) is 14.5. The third-order valence-electron chi connectivity index (χ3n) is 1.95. The zero-order chi connectivity index (χ0) is 13.0. The average Bonchev–Trinajstić information content (AvgIpc) is 2.13. The van der Waals surface area contributed by atoms with Gasteiger partial charge in [-0.3, -0.25) is 0 Å². The predicted octanol–water partition coefficient (Wildman–Crippen LogP) is 3.02. The zero-order valence-electron chi connectivity index (χ0n) is 10.5. The molecule has 0 radical (unpaired) electrons. The maximum Gasteiger partial charge on any atom is 0.494 e. The molecule has 2 nitrogen and oxygen atoms in total. The molecule has 0 N–H and O–H groups in total. The van der Waals surface area contributed by atoms with E-state index in [1.807, 2.05) is 27.7 Å². The van der Waals surface area contributed by atoms with E-state index >= 15 is 0 Å². The minimum Gasteiger partial charge on any atom is -0.405 e. The van der Waals surface area contributed by atoms with Crippen molar-refractivity contribution >= 4 is 24.2 Å². The van der Waals surface area contributed by atoms with Crippen LogP contribution < -0.4 is 5.46 Å². The molecule has 0 aliphatic rings. The average molecular weight is 259 g/mol. The molecule has 0 aliphatic heterocycles. The van der Waals surface area contributed by atoms with E-state index in [0.717, 1.165) is 0 Å². The highest BCUT2D eigenvalue weighted by molar-refractivity contribution is 6.61. The SMILES string of the molecule is CC(C)OB(OC(C)C)c1cc(F)cc(Cl)c1. The third kappa shape index (κ3) is 5.07. The van der Waals surface area contributed by atoms with Crippen molar-refractivity contribution in [1.29, 1.82) is 0 Å². The van der Waals surface area contributed by atoms with Crippen LogP contribution in [-0.4, -0.2) is 19.3 Å². The Bertz CT molecular complexity index is 341. The Morgan fingerprint density at radius 2 is 1.59 bits per heavy atom. The van der Waals surface area contributed by atoms with E-state index in [1.165, 1.54) is 12.1 Å². The number of hydrogen-bond acceptors (Lipinski definition) is 2. The van der Waals surface area contributed by atoms with Crippen LogP contribution in [-0.2, 0) is 9.31 Å². The van der Waals surface area contributed by atoms with Crippen molar-refractivity contribution < 1.29 is 13.7 Å². The molecule has 1 rings (SSSR count). The van der Waals surface area contributed by atoms with Crippen molar-refractivity contribution in [3.8, 4) is 0 Å². The quantitative estimate of drug-likeness (QED) is 0.756. The normalized spacial score (nSPS) is 11.3. The molecule has 0 fully saturated rings. The predicted molar refractivity (Wildman–Crippen MR) is 69.2 cm³/mol. The molecule has 0 bridgehead atoms. The van der Waals surface area contributed by atoms with Crippen LogP contribution in [0.3, 0.4) is 0 Å². The molecular formula is C12H17BClFO2. The van der Waals surface area contributed by atoms with Gasteiger partial charge in [0.2, 0.25) is 0 Å². The van der Waals surface area contributed by atoms with Gasteiger partial charge in [-0.1, -0.05) is 11.6 Å². The van der Waals surface area contributed by atoms with Gasteiger partial charge in [0.15, 0.2) is 0 Å². The molecule has 0 saturated carbocycles. The topological polar surface area (TPSA) is 18.5 Å². The van der Waals surface area contributed by atoms with E-state index in [2.05, 4.69) is 0 Å². The van der Waals surface area contributed by atoms with Gasteiger partial charge in [-0.05, 0) is 51.4 Å². The molecule has 94 valence electrons. The van der Waals surface area contributed by atoms with Crippen molar-refractivity contribution in [2.24, 2.45) is 0 Å². The molecule has 0 unspecified atom stereocenters. The highest BCUT2D eigenvalue weighted by Crippen LogP contribution is 2.10. The molecule has 1 aromatic rings. The van der Waals surface area contributed by atoms with Crippen LogP contribution in [0.25, 0.3) is 0 Å². The van der Waals surface area contributed by atoms with E-state index in [0.29, 0.717) is 10.5 Å². The van der Waals surface area contributed by atoms with Gasteiger partial charge in [-0.15, -0.1) is 0 Å². The Morgan fingerprint density at radius 3 is 2.00 bits per heavy atom. The molecule has 0 saturated heterocycles. The van der Waals surface area contributed by atoms with Gasteiger partial charge >= 0.3 is 7.12 Å². The molecule has 17 heavy (non-hydrogen) atoms. The largest absolute Gasteiger partial charge is 0.494 e. The highest BCUT2D eigenvalue weighted by Gasteiger charge is 2.25. The Kier molecular flexibility index (Phi) is 5.44. The van der Waals surface area contributed by atoms with Gasteiger partial charge in [0.25, 0.3) is 0 Å². The van der Waals surface area contributed by atoms with E-state index < -0.39 is 12.9 Å². The minimum absolute atomic E-state index is 0.0132. The fourth-order valence-electron chi connectivity index (χ4n) is 1.39. The zero-order valence-corrected chi connectivity index (χ0v) is 11.3. The van der Waals surface area contributed by atoms with Gasteiger partial charge < -0.3 is 9.31 Å². The molecule has 0 spiro atoms. The summed E-state index contributed by atoms with van der Waals surface area (Å²) in [5.41, 5.74) is 0.595. The number of rotatable bonds is 5. The third-order valence-corrected chi connectivity index (χ3v) is 2.17. The molecule has 0 aromatic heterocycles. The van der Waals surface area contributed by atoms with Gasteiger partial charge in [0.1, 0.15) is 5.82 Å². The number of benzene rings is 1. The highest BCUT2D eigenvalue weighted by atomic mass is 35.5. The van der Waals surface area contributed by atoms with E-state index in [1.54, 1.807) is 6.07 Å². The van der Waals surface area contributed by atoms with Gasteiger partial charge in [-0.2, -0.15) is 0 Å². The molecule has 0 aliphatic carbocycles. The van der Waals surface area contributed by atoms with Crippen molar-refractivity contribution in [1.82, 2.24) is 0 Å². The second kappa shape index (κ2) is 6.38. The van der Waals surface area contributed by atoms with E-state index in [-0.39, 0.29) is 12.2 Å². The summed E-state index contributed by atoms with van der Waals surface area (Å²) in [6, 6.07) is 4.29. The lowest BCUT2D eigenvalue weighted by Gasteiger charge is -2.20. The summed E-state index contributed by atoms with van der Waals surface area (Å²) in [6.45, 7) is 7.60. The van der Waals surface area contributed by atoms with Crippen LogP contribution in [0.15, 0.2) is 18.2 Å². The number of hydrogen-bond donors (Lipinski definition) is 0. The van der Waals surface area contributed by atoms with Gasteiger partial charge in [0.05, 0.1) is 0 Å². The summed E-state index contributed by atoms with van der Waals surface area (Å²) in [4.78, 5) is 0. The lowest BCUT2D eigenvalue weighted by Crippen LogP contribution is -2.41. The second-order valence-electron chi connectivity index (χ2n) is 4.40. The number of halogens is 2. The Balaban J connectivity index is 2.94. The first-order valence-corrected chi connectivity index (χ1v) is 6.03. The monoisotopic (exact) mass is 258 g/mol. The first-order chi connectivity index (χ1) is 7.88. The molecule has 0 amide bonds. The summed E-state index contributed by atoms with van der Waals surface area (Å²) in [7, 11) is -0.594. The standard InChI is InChI=1S/C12H17BClFO2/c1-8(2)16-13(17-9(3)4)10-5-11(14)7-12(15)6-10/h5-9H,1-4H3. The lowest BCUT2D eigenvalue weighted by atomic mass is 9.78. The molecule has 0 heterocycles. The van der Waals surface area contributed by atoms with Crippen LogP contribution in [0.5, 0.6) is 0 Å². The smallest absolute Gasteiger partial charge is 0.405 e. The van der Waals surface area contributed by atoms with Gasteiger partial charge in [-0.25, -0.2) is 4.39 Å². The molecule has 1 aromatic carbocycles.